The average molecular weight is 311 g/mol. The predicted octanol–water partition coefficient (Wildman–Crippen LogP) is 2.10. The van der Waals surface area contributed by atoms with E-state index in [4.69, 9.17) is 15.6 Å². The second-order valence-electron chi connectivity index (χ2n) is 5.86. The van der Waals surface area contributed by atoms with Crippen LogP contribution in [0.15, 0.2) is 42.5 Å². The highest BCUT2D eigenvalue weighted by atomic mass is 16.5. The van der Waals surface area contributed by atoms with E-state index < -0.39 is 17.5 Å². The number of esters is 1. The molecule has 5 heteroatoms. The molecule has 118 valence electrons. The smallest absolute Gasteiger partial charge is 0.337 e. The van der Waals surface area contributed by atoms with Gasteiger partial charge in [-0.25, -0.2) is 9.59 Å². The minimum atomic E-state index is -2.04. The molecule has 0 unspecified atom stereocenters. The predicted molar refractivity (Wildman–Crippen MR) is 84.7 cm³/mol. The third kappa shape index (κ3) is 2.59. The first-order valence-corrected chi connectivity index (χ1v) is 7.30. The molecule has 23 heavy (non-hydrogen) atoms. The molecule has 0 saturated heterocycles. The summed E-state index contributed by atoms with van der Waals surface area (Å²) < 4.78 is 5.13. The Balaban J connectivity index is 1.82. The highest BCUT2D eigenvalue weighted by Gasteiger charge is 2.38. The molecule has 2 aromatic rings. The van der Waals surface area contributed by atoms with Gasteiger partial charge in [-0.3, -0.25) is 0 Å². The molecule has 0 amide bonds. The minimum Gasteiger partial charge on any atom is -0.479 e. The molecule has 5 nitrogen and oxygen atoms in total. The summed E-state index contributed by atoms with van der Waals surface area (Å²) in [5.41, 5.74) is 8.95. The summed E-state index contributed by atoms with van der Waals surface area (Å²) in [5, 5.41) is 8.96. The Bertz CT molecular complexity index is 795. The Kier molecular flexibility index (Phi) is 3.66. The maximum atomic E-state index is 11.9. The SMILES string of the molecule is C[C@](N)(C(=O)O)C(=O)OCc1cccc2c1Cc1ccccc1-2. The quantitative estimate of drug-likeness (QED) is 0.569. The average Bonchev–Trinajstić information content (AvgIpc) is 2.91. The summed E-state index contributed by atoms with van der Waals surface area (Å²) in [5.74, 6) is -2.36. The summed E-state index contributed by atoms with van der Waals surface area (Å²) >= 11 is 0. The Morgan fingerprint density at radius 3 is 2.61 bits per heavy atom. The molecule has 1 atom stereocenters. The number of hydrogen-bond donors (Lipinski definition) is 2. The molecule has 0 spiro atoms. The van der Waals surface area contributed by atoms with Crippen LogP contribution in [0.25, 0.3) is 11.1 Å². The van der Waals surface area contributed by atoms with Gasteiger partial charge in [0.15, 0.2) is 0 Å². The molecular weight excluding hydrogens is 294 g/mol. The van der Waals surface area contributed by atoms with Crippen molar-refractivity contribution in [1.29, 1.82) is 0 Å². The maximum Gasteiger partial charge on any atom is 0.337 e. The van der Waals surface area contributed by atoms with Crippen LogP contribution in [0.5, 0.6) is 0 Å². The van der Waals surface area contributed by atoms with Crippen LogP contribution in [0.2, 0.25) is 0 Å². The van der Waals surface area contributed by atoms with Gasteiger partial charge in [0.1, 0.15) is 6.61 Å². The van der Waals surface area contributed by atoms with Gasteiger partial charge >= 0.3 is 11.9 Å². The number of rotatable bonds is 4. The molecule has 0 bridgehead atoms. The first-order valence-electron chi connectivity index (χ1n) is 7.30. The van der Waals surface area contributed by atoms with Crippen molar-refractivity contribution in [2.75, 3.05) is 0 Å². The van der Waals surface area contributed by atoms with Crippen LogP contribution in [0.4, 0.5) is 0 Å². The number of hydrogen-bond acceptors (Lipinski definition) is 4. The molecule has 0 fully saturated rings. The van der Waals surface area contributed by atoms with Gasteiger partial charge in [-0.1, -0.05) is 42.5 Å². The van der Waals surface area contributed by atoms with E-state index in [1.54, 1.807) is 0 Å². The van der Waals surface area contributed by atoms with Crippen molar-refractivity contribution in [3.05, 3.63) is 59.2 Å². The van der Waals surface area contributed by atoms with Gasteiger partial charge in [-0.05, 0) is 41.2 Å². The number of fused-ring (bicyclic) bond motifs is 3. The van der Waals surface area contributed by atoms with E-state index in [9.17, 15) is 9.59 Å². The van der Waals surface area contributed by atoms with Gasteiger partial charge < -0.3 is 15.6 Å². The molecule has 3 rings (SSSR count). The van der Waals surface area contributed by atoms with Crippen molar-refractivity contribution < 1.29 is 19.4 Å². The van der Waals surface area contributed by atoms with Gasteiger partial charge in [0.05, 0.1) is 0 Å². The highest BCUT2D eigenvalue weighted by Crippen LogP contribution is 2.38. The van der Waals surface area contributed by atoms with Crippen molar-refractivity contribution >= 4 is 11.9 Å². The summed E-state index contributed by atoms with van der Waals surface area (Å²) in [6, 6.07) is 14.0. The standard InChI is InChI=1S/C18H17NO4/c1-18(19,16(20)21)17(22)23-10-12-6-4-8-14-13-7-3-2-5-11(13)9-15(12)14/h2-8H,9-10,19H2,1H3,(H,20,21)/t18-/m0/s1. The number of nitrogens with two attached hydrogens (primary N) is 1. The number of carbonyl (C=O) groups excluding carboxylic acids is 1. The number of carboxylic acids is 1. The lowest BCUT2D eigenvalue weighted by atomic mass is 10.0. The largest absolute Gasteiger partial charge is 0.479 e. The monoisotopic (exact) mass is 311 g/mol. The van der Waals surface area contributed by atoms with Gasteiger partial charge in [0.2, 0.25) is 5.54 Å². The van der Waals surface area contributed by atoms with Crippen LogP contribution < -0.4 is 5.73 Å². The van der Waals surface area contributed by atoms with E-state index in [1.807, 2.05) is 30.3 Å². The van der Waals surface area contributed by atoms with Crippen LogP contribution in [0, 0.1) is 0 Å². The fraction of sp³-hybridized carbons (Fsp3) is 0.222. The zero-order chi connectivity index (χ0) is 16.6. The summed E-state index contributed by atoms with van der Waals surface area (Å²) in [6.45, 7) is 1.14. The lowest BCUT2D eigenvalue weighted by Gasteiger charge is -2.18. The second kappa shape index (κ2) is 5.52. The van der Waals surface area contributed by atoms with Crippen molar-refractivity contribution in [1.82, 2.24) is 0 Å². The lowest BCUT2D eigenvalue weighted by molar-refractivity contribution is -0.160. The highest BCUT2D eigenvalue weighted by molar-refractivity contribution is 6.03. The van der Waals surface area contributed by atoms with Crippen molar-refractivity contribution in [2.24, 2.45) is 5.73 Å². The number of aliphatic carboxylic acids is 1. The molecule has 0 heterocycles. The van der Waals surface area contributed by atoms with E-state index in [2.05, 4.69) is 12.1 Å². The number of ether oxygens (including phenoxy) is 1. The summed E-state index contributed by atoms with van der Waals surface area (Å²) in [4.78, 5) is 22.9. The van der Waals surface area contributed by atoms with Gasteiger partial charge in [0, 0.05) is 0 Å². The van der Waals surface area contributed by atoms with E-state index >= 15 is 0 Å². The first-order chi connectivity index (χ1) is 10.9. The molecule has 0 aliphatic heterocycles. The normalized spacial score (nSPS) is 14.5. The van der Waals surface area contributed by atoms with Crippen LogP contribution in [-0.4, -0.2) is 22.6 Å². The fourth-order valence-electron chi connectivity index (χ4n) is 2.74. The second-order valence-corrected chi connectivity index (χ2v) is 5.86. The Hall–Kier alpha value is -2.66. The Morgan fingerprint density at radius 1 is 1.17 bits per heavy atom. The summed E-state index contributed by atoms with van der Waals surface area (Å²) in [7, 11) is 0. The molecular formula is C18H17NO4. The van der Waals surface area contributed by atoms with E-state index in [0.29, 0.717) is 0 Å². The Morgan fingerprint density at radius 2 is 1.87 bits per heavy atom. The van der Waals surface area contributed by atoms with Gasteiger partial charge in [-0.15, -0.1) is 0 Å². The number of benzene rings is 2. The number of carboxylic acid groups (broad SMARTS) is 1. The topological polar surface area (TPSA) is 89.6 Å². The van der Waals surface area contributed by atoms with Crippen LogP contribution in [-0.2, 0) is 27.4 Å². The molecule has 0 aromatic heterocycles. The van der Waals surface area contributed by atoms with E-state index in [1.165, 1.54) is 11.1 Å². The third-order valence-corrected chi connectivity index (χ3v) is 4.17. The number of carbonyl (C=O) groups is 2. The van der Waals surface area contributed by atoms with Crippen molar-refractivity contribution in [3.63, 3.8) is 0 Å². The van der Waals surface area contributed by atoms with Crippen LogP contribution in [0.1, 0.15) is 23.6 Å². The van der Waals surface area contributed by atoms with E-state index in [0.717, 1.165) is 30.0 Å². The Labute approximate surface area is 133 Å². The van der Waals surface area contributed by atoms with E-state index in [-0.39, 0.29) is 6.61 Å². The zero-order valence-electron chi connectivity index (χ0n) is 12.7. The molecule has 3 N–H and O–H groups in total. The maximum absolute atomic E-state index is 11.9. The molecule has 0 saturated carbocycles. The summed E-state index contributed by atoms with van der Waals surface area (Å²) in [6.07, 6.45) is 0.776. The molecule has 1 aliphatic carbocycles. The van der Waals surface area contributed by atoms with Crippen molar-refractivity contribution in [3.8, 4) is 11.1 Å². The van der Waals surface area contributed by atoms with Crippen LogP contribution >= 0.6 is 0 Å². The molecule has 1 aliphatic rings. The minimum absolute atomic E-state index is 0.00999. The third-order valence-electron chi connectivity index (χ3n) is 4.17. The molecule has 0 radical (unpaired) electrons. The zero-order valence-corrected chi connectivity index (χ0v) is 12.7. The van der Waals surface area contributed by atoms with Crippen molar-refractivity contribution in [2.45, 2.75) is 25.5 Å². The van der Waals surface area contributed by atoms with Crippen LogP contribution in [0.3, 0.4) is 0 Å². The fourth-order valence-corrected chi connectivity index (χ4v) is 2.74. The van der Waals surface area contributed by atoms with Gasteiger partial charge in [0.25, 0.3) is 0 Å². The first kappa shape index (κ1) is 15.2. The lowest BCUT2D eigenvalue weighted by Crippen LogP contribution is -2.53. The van der Waals surface area contributed by atoms with Gasteiger partial charge in [-0.2, -0.15) is 0 Å². The molecule has 2 aromatic carbocycles.